The number of hydrogen-bond donors (Lipinski definition) is 3. The molecule has 0 saturated heterocycles. The van der Waals surface area contributed by atoms with E-state index < -0.39 is 0 Å². The van der Waals surface area contributed by atoms with Crippen molar-refractivity contribution in [1.82, 2.24) is 0 Å². The highest BCUT2D eigenvalue weighted by atomic mass is 32.1. The fraction of sp³-hybridized carbons (Fsp3) is 0. The molecule has 0 saturated carbocycles. The Kier molecular flexibility index (Phi) is 1.38. The van der Waals surface area contributed by atoms with Gasteiger partial charge in [-0.25, -0.2) is 0 Å². The van der Waals surface area contributed by atoms with Crippen LogP contribution in [0.3, 0.4) is 0 Å². The normalized spacial score (nSPS) is 10.7. The van der Waals surface area contributed by atoms with Gasteiger partial charge in [0.15, 0.2) is 0 Å². The molecular formula is C8H8N2OS. The summed E-state index contributed by atoms with van der Waals surface area (Å²) in [7, 11) is 0. The van der Waals surface area contributed by atoms with Crippen LogP contribution in [0.4, 0.5) is 11.4 Å². The van der Waals surface area contributed by atoms with Crippen molar-refractivity contribution in [3.63, 3.8) is 0 Å². The number of nitrogens with two attached hydrogens (primary N) is 2. The molecule has 2 rings (SSSR count). The van der Waals surface area contributed by atoms with E-state index in [1.54, 1.807) is 11.4 Å². The summed E-state index contributed by atoms with van der Waals surface area (Å²) in [4.78, 5) is 0. The smallest absolute Gasteiger partial charge is 0.136 e. The van der Waals surface area contributed by atoms with Crippen molar-refractivity contribution in [3.05, 3.63) is 17.5 Å². The van der Waals surface area contributed by atoms with Gasteiger partial charge in [-0.2, -0.15) is 0 Å². The largest absolute Gasteiger partial charge is 0.506 e. The summed E-state index contributed by atoms with van der Waals surface area (Å²) >= 11 is 1.45. The van der Waals surface area contributed by atoms with E-state index in [4.69, 9.17) is 11.5 Å². The zero-order valence-electron chi connectivity index (χ0n) is 6.24. The van der Waals surface area contributed by atoms with Crippen molar-refractivity contribution in [3.8, 4) is 5.75 Å². The fourth-order valence-electron chi connectivity index (χ4n) is 1.16. The highest BCUT2D eigenvalue weighted by molar-refractivity contribution is 7.17. The molecule has 0 unspecified atom stereocenters. The lowest BCUT2D eigenvalue weighted by Gasteiger charge is -2.00. The number of thiophene rings is 1. The molecule has 0 spiro atoms. The van der Waals surface area contributed by atoms with Gasteiger partial charge in [-0.15, -0.1) is 11.3 Å². The van der Waals surface area contributed by atoms with Crippen LogP contribution in [0.2, 0.25) is 0 Å². The first kappa shape index (κ1) is 7.24. The van der Waals surface area contributed by atoms with Crippen molar-refractivity contribution in [2.75, 3.05) is 11.5 Å². The predicted octanol–water partition coefficient (Wildman–Crippen LogP) is 1.77. The Balaban J connectivity index is 2.96. The quantitative estimate of drug-likeness (QED) is 0.541. The molecule has 0 radical (unpaired) electrons. The Labute approximate surface area is 73.2 Å². The van der Waals surface area contributed by atoms with Crippen LogP contribution in [0, 0.1) is 0 Å². The molecule has 0 bridgehead atoms. The summed E-state index contributed by atoms with van der Waals surface area (Å²) in [6, 6.07) is 3.60. The molecular weight excluding hydrogens is 172 g/mol. The van der Waals surface area contributed by atoms with Gasteiger partial charge in [-0.1, -0.05) is 0 Å². The van der Waals surface area contributed by atoms with Crippen LogP contribution in [0.5, 0.6) is 5.75 Å². The van der Waals surface area contributed by atoms with Gasteiger partial charge in [0.25, 0.3) is 0 Å². The molecule has 0 aliphatic carbocycles. The number of benzene rings is 1. The highest BCUT2D eigenvalue weighted by Crippen LogP contribution is 2.37. The van der Waals surface area contributed by atoms with Crippen LogP contribution in [0.25, 0.3) is 10.1 Å². The molecule has 2 aromatic rings. The number of nitrogen functional groups attached to an aromatic ring is 2. The Hall–Kier alpha value is -1.42. The molecule has 0 amide bonds. The van der Waals surface area contributed by atoms with Crippen LogP contribution >= 0.6 is 11.3 Å². The topological polar surface area (TPSA) is 72.3 Å². The molecule has 4 heteroatoms. The molecule has 3 nitrogen and oxygen atoms in total. The zero-order chi connectivity index (χ0) is 8.72. The van der Waals surface area contributed by atoms with Gasteiger partial charge in [0, 0.05) is 10.1 Å². The zero-order valence-corrected chi connectivity index (χ0v) is 7.06. The van der Waals surface area contributed by atoms with Crippen molar-refractivity contribution >= 4 is 32.8 Å². The Bertz CT molecular complexity index is 436. The maximum atomic E-state index is 9.39. The van der Waals surface area contributed by atoms with Crippen LogP contribution in [-0.2, 0) is 0 Å². The van der Waals surface area contributed by atoms with E-state index in [1.165, 1.54) is 11.3 Å². The predicted molar refractivity (Wildman–Crippen MR) is 52.3 cm³/mol. The molecule has 0 atom stereocenters. The van der Waals surface area contributed by atoms with Gasteiger partial charge in [0.1, 0.15) is 5.75 Å². The second-order valence-electron chi connectivity index (χ2n) is 2.56. The molecule has 1 heterocycles. The molecule has 1 aromatic carbocycles. The summed E-state index contributed by atoms with van der Waals surface area (Å²) in [6.45, 7) is 0. The fourth-order valence-corrected chi connectivity index (χ4v) is 1.99. The van der Waals surface area contributed by atoms with Crippen molar-refractivity contribution in [2.45, 2.75) is 0 Å². The molecule has 62 valence electrons. The van der Waals surface area contributed by atoms with E-state index in [9.17, 15) is 5.11 Å². The summed E-state index contributed by atoms with van der Waals surface area (Å²) in [5, 5.41) is 11.7. The molecule has 1 aromatic heterocycles. The Morgan fingerprint density at radius 3 is 2.75 bits per heavy atom. The van der Waals surface area contributed by atoms with Gasteiger partial charge < -0.3 is 16.6 Å². The summed E-state index contributed by atoms with van der Waals surface area (Å²) < 4.78 is 0.958. The SMILES string of the molecule is Nc1ccc2scc(O)c2c1N. The summed E-state index contributed by atoms with van der Waals surface area (Å²) in [6.07, 6.45) is 0. The minimum atomic E-state index is 0.208. The standard InChI is InChI=1S/C8H8N2OS/c9-4-1-2-6-7(8(4)10)5(11)3-12-6/h1-3,11H,9-10H2. The van der Waals surface area contributed by atoms with Crippen molar-refractivity contribution in [1.29, 1.82) is 0 Å². The average Bonchev–Trinajstić information content (AvgIpc) is 2.41. The third kappa shape index (κ3) is 0.816. The highest BCUT2D eigenvalue weighted by Gasteiger charge is 2.07. The summed E-state index contributed by atoms with van der Waals surface area (Å²) in [5.41, 5.74) is 12.2. The summed E-state index contributed by atoms with van der Waals surface area (Å²) in [5.74, 6) is 0.208. The second kappa shape index (κ2) is 2.28. The number of hydrogen-bond acceptors (Lipinski definition) is 4. The minimum absolute atomic E-state index is 0.208. The van der Waals surface area contributed by atoms with Crippen LogP contribution in [0.15, 0.2) is 17.5 Å². The van der Waals surface area contributed by atoms with Gasteiger partial charge in [0.2, 0.25) is 0 Å². The van der Waals surface area contributed by atoms with E-state index in [0.717, 1.165) is 4.70 Å². The number of aromatic hydroxyl groups is 1. The van der Waals surface area contributed by atoms with Crippen molar-refractivity contribution < 1.29 is 5.11 Å². The second-order valence-corrected chi connectivity index (χ2v) is 3.47. The first-order valence-corrected chi connectivity index (χ1v) is 4.32. The van der Waals surface area contributed by atoms with Gasteiger partial charge >= 0.3 is 0 Å². The van der Waals surface area contributed by atoms with E-state index >= 15 is 0 Å². The lowest BCUT2D eigenvalue weighted by molar-refractivity contribution is 0.484. The number of anilines is 2. The Morgan fingerprint density at radius 2 is 2.00 bits per heavy atom. The molecule has 0 aliphatic rings. The van der Waals surface area contributed by atoms with E-state index in [1.807, 2.05) is 6.07 Å². The monoisotopic (exact) mass is 180 g/mol. The number of rotatable bonds is 0. The molecule has 0 fully saturated rings. The molecule has 5 N–H and O–H groups in total. The van der Waals surface area contributed by atoms with E-state index in [2.05, 4.69) is 0 Å². The third-order valence-electron chi connectivity index (χ3n) is 1.79. The minimum Gasteiger partial charge on any atom is -0.506 e. The van der Waals surface area contributed by atoms with Gasteiger partial charge in [0.05, 0.1) is 16.8 Å². The average molecular weight is 180 g/mol. The molecule has 12 heavy (non-hydrogen) atoms. The van der Waals surface area contributed by atoms with Gasteiger partial charge in [-0.05, 0) is 12.1 Å². The lowest BCUT2D eigenvalue weighted by Crippen LogP contribution is -1.93. The van der Waals surface area contributed by atoms with Crippen molar-refractivity contribution in [2.24, 2.45) is 0 Å². The number of fused-ring (bicyclic) bond motifs is 1. The van der Waals surface area contributed by atoms with E-state index in [0.29, 0.717) is 16.8 Å². The maximum Gasteiger partial charge on any atom is 0.136 e. The lowest BCUT2D eigenvalue weighted by atomic mass is 10.2. The van der Waals surface area contributed by atoms with Gasteiger partial charge in [-0.3, -0.25) is 0 Å². The first-order chi connectivity index (χ1) is 5.70. The maximum absolute atomic E-state index is 9.39. The van der Waals surface area contributed by atoms with Crippen LogP contribution < -0.4 is 11.5 Å². The van der Waals surface area contributed by atoms with Crippen LogP contribution in [0.1, 0.15) is 0 Å². The first-order valence-electron chi connectivity index (χ1n) is 3.44. The third-order valence-corrected chi connectivity index (χ3v) is 2.73. The molecule has 0 aliphatic heterocycles. The van der Waals surface area contributed by atoms with E-state index in [-0.39, 0.29) is 5.75 Å². The Morgan fingerprint density at radius 1 is 1.25 bits per heavy atom. The van der Waals surface area contributed by atoms with Crippen LogP contribution in [-0.4, -0.2) is 5.11 Å².